The molecule has 2 fully saturated rings. The van der Waals surface area contributed by atoms with Crippen LogP contribution in [0, 0.1) is 0 Å². The van der Waals surface area contributed by atoms with Gasteiger partial charge in [-0.05, 0) is 38.0 Å². The number of carbonyl (C=O) groups excluding carboxylic acids is 2. The van der Waals surface area contributed by atoms with Gasteiger partial charge >= 0.3 is 6.03 Å². The molecule has 0 aliphatic carbocycles. The highest BCUT2D eigenvalue weighted by Crippen LogP contribution is 2.27. The van der Waals surface area contributed by atoms with Crippen molar-refractivity contribution in [1.29, 1.82) is 0 Å². The fourth-order valence-electron chi connectivity index (χ4n) is 3.60. The molecular formula is C19H27N3O4. The molecule has 1 aromatic carbocycles. The standard InChI is InChI=1S/C19H27N3O4/c1-14(23)15-3-4-18(25-2)17(13-15)20-19(24)22-7-5-16(6-8-22)21-9-11-26-12-10-21/h3-4,13,16H,5-12H2,1-2H3,(H,20,24). The first kappa shape index (κ1) is 18.7. The van der Waals surface area contributed by atoms with Gasteiger partial charge in [-0.15, -0.1) is 0 Å². The van der Waals surface area contributed by atoms with Crippen LogP contribution in [0.5, 0.6) is 5.75 Å². The van der Waals surface area contributed by atoms with Gasteiger partial charge < -0.3 is 19.7 Å². The van der Waals surface area contributed by atoms with Crippen molar-refractivity contribution in [1.82, 2.24) is 9.80 Å². The summed E-state index contributed by atoms with van der Waals surface area (Å²) in [7, 11) is 1.55. The van der Waals surface area contributed by atoms with Crippen molar-refractivity contribution in [3.05, 3.63) is 23.8 Å². The number of piperidine rings is 1. The summed E-state index contributed by atoms with van der Waals surface area (Å²) >= 11 is 0. The Bertz CT molecular complexity index is 650. The first-order valence-corrected chi connectivity index (χ1v) is 9.15. The molecular weight excluding hydrogens is 334 g/mol. The van der Waals surface area contributed by atoms with Gasteiger partial charge in [0.1, 0.15) is 5.75 Å². The number of benzene rings is 1. The summed E-state index contributed by atoms with van der Waals surface area (Å²) in [6.45, 7) is 6.51. The van der Waals surface area contributed by atoms with Crippen molar-refractivity contribution in [2.45, 2.75) is 25.8 Å². The number of urea groups is 1. The minimum absolute atomic E-state index is 0.0468. The van der Waals surface area contributed by atoms with E-state index in [1.54, 1.807) is 25.3 Å². The van der Waals surface area contributed by atoms with E-state index in [-0.39, 0.29) is 11.8 Å². The Kier molecular flexibility index (Phi) is 6.11. The number of hydrogen-bond acceptors (Lipinski definition) is 5. The molecule has 0 aromatic heterocycles. The van der Waals surface area contributed by atoms with Crippen LogP contribution in [0.15, 0.2) is 18.2 Å². The van der Waals surface area contributed by atoms with E-state index in [1.165, 1.54) is 6.92 Å². The number of nitrogens with zero attached hydrogens (tertiary/aromatic N) is 2. The van der Waals surface area contributed by atoms with Gasteiger partial charge in [0.15, 0.2) is 5.78 Å². The van der Waals surface area contributed by atoms with Gasteiger partial charge in [-0.25, -0.2) is 4.79 Å². The van der Waals surface area contributed by atoms with Crippen LogP contribution in [0.4, 0.5) is 10.5 Å². The molecule has 0 spiro atoms. The van der Waals surface area contributed by atoms with Gasteiger partial charge in [-0.1, -0.05) is 0 Å². The largest absolute Gasteiger partial charge is 0.495 e. The lowest BCUT2D eigenvalue weighted by atomic mass is 10.0. The minimum atomic E-state index is -0.149. The van der Waals surface area contributed by atoms with E-state index in [1.807, 2.05) is 4.90 Å². The zero-order valence-corrected chi connectivity index (χ0v) is 15.5. The zero-order chi connectivity index (χ0) is 18.5. The molecule has 26 heavy (non-hydrogen) atoms. The number of amides is 2. The van der Waals surface area contributed by atoms with Gasteiger partial charge in [0.25, 0.3) is 0 Å². The fraction of sp³-hybridized carbons (Fsp3) is 0.579. The van der Waals surface area contributed by atoms with Crippen LogP contribution >= 0.6 is 0 Å². The van der Waals surface area contributed by atoms with Gasteiger partial charge in [0, 0.05) is 37.8 Å². The summed E-state index contributed by atoms with van der Waals surface area (Å²) in [5.74, 6) is 0.501. The average molecular weight is 361 g/mol. The van der Waals surface area contributed by atoms with E-state index in [0.29, 0.717) is 23.0 Å². The normalized spacial score (nSPS) is 19.2. The highest BCUT2D eigenvalue weighted by Gasteiger charge is 2.28. The molecule has 0 saturated carbocycles. The summed E-state index contributed by atoms with van der Waals surface area (Å²) in [6, 6.07) is 5.45. The van der Waals surface area contributed by atoms with Crippen molar-refractivity contribution in [3.63, 3.8) is 0 Å². The molecule has 7 heteroatoms. The Labute approximate surface area is 154 Å². The predicted octanol–water partition coefficient (Wildman–Crippen LogP) is 2.23. The number of likely N-dealkylation sites (tertiary alicyclic amines) is 1. The molecule has 2 saturated heterocycles. The average Bonchev–Trinajstić information content (AvgIpc) is 2.68. The van der Waals surface area contributed by atoms with Crippen LogP contribution in [-0.4, -0.2) is 74.2 Å². The lowest BCUT2D eigenvalue weighted by Crippen LogP contribution is -2.50. The van der Waals surface area contributed by atoms with E-state index >= 15 is 0 Å². The molecule has 2 amide bonds. The van der Waals surface area contributed by atoms with Crippen LogP contribution in [0.1, 0.15) is 30.1 Å². The number of methoxy groups -OCH3 is 1. The molecule has 0 unspecified atom stereocenters. The maximum Gasteiger partial charge on any atom is 0.321 e. The highest BCUT2D eigenvalue weighted by molar-refractivity contribution is 5.98. The monoisotopic (exact) mass is 361 g/mol. The highest BCUT2D eigenvalue weighted by atomic mass is 16.5. The fourth-order valence-corrected chi connectivity index (χ4v) is 3.60. The first-order chi connectivity index (χ1) is 12.6. The van der Waals surface area contributed by atoms with Gasteiger partial charge in [-0.3, -0.25) is 9.69 Å². The predicted molar refractivity (Wildman–Crippen MR) is 99.0 cm³/mol. The summed E-state index contributed by atoms with van der Waals surface area (Å²) in [5, 5.41) is 2.90. The number of hydrogen-bond donors (Lipinski definition) is 1. The molecule has 1 aromatic rings. The first-order valence-electron chi connectivity index (χ1n) is 9.15. The van der Waals surface area contributed by atoms with E-state index in [4.69, 9.17) is 9.47 Å². The molecule has 1 N–H and O–H groups in total. The third kappa shape index (κ3) is 4.34. The van der Waals surface area contributed by atoms with Gasteiger partial charge in [0.2, 0.25) is 0 Å². The van der Waals surface area contributed by atoms with Crippen LogP contribution in [0.2, 0.25) is 0 Å². The number of nitrogens with one attached hydrogen (secondary N) is 1. The van der Waals surface area contributed by atoms with Crippen LogP contribution in [0.3, 0.4) is 0 Å². The second-order valence-corrected chi connectivity index (χ2v) is 6.77. The lowest BCUT2D eigenvalue weighted by Gasteiger charge is -2.40. The molecule has 2 aliphatic heterocycles. The van der Waals surface area contributed by atoms with Crippen molar-refractivity contribution in [2.75, 3.05) is 51.8 Å². The molecule has 2 heterocycles. The summed E-state index contributed by atoms with van der Waals surface area (Å²) in [4.78, 5) is 28.5. The number of anilines is 1. The molecule has 7 nitrogen and oxygen atoms in total. The van der Waals surface area contributed by atoms with E-state index < -0.39 is 0 Å². The Morgan fingerprint density at radius 2 is 1.85 bits per heavy atom. The molecule has 3 rings (SSSR count). The van der Waals surface area contributed by atoms with Crippen molar-refractivity contribution in [2.24, 2.45) is 0 Å². The lowest BCUT2D eigenvalue weighted by molar-refractivity contribution is 0.00419. The maximum atomic E-state index is 12.6. The van der Waals surface area contributed by atoms with Crippen LogP contribution < -0.4 is 10.1 Å². The SMILES string of the molecule is COc1ccc(C(C)=O)cc1NC(=O)N1CCC(N2CCOCC2)CC1. The number of ketones is 1. The van der Waals surface area contributed by atoms with E-state index in [9.17, 15) is 9.59 Å². The maximum absolute atomic E-state index is 12.6. The second kappa shape index (κ2) is 8.51. The smallest absolute Gasteiger partial charge is 0.321 e. The van der Waals surface area contributed by atoms with Gasteiger partial charge in [0.05, 0.1) is 26.0 Å². The van der Waals surface area contributed by atoms with Crippen LogP contribution in [-0.2, 0) is 4.74 Å². The number of carbonyl (C=O) groups is 2. The van der Waals surface area contributed by atoms with Crippen molar-refractivity contribution in [3.8, 4) is 5.75 Å². The topological polar surface area (TPSA) is 71.1 Å². The second-order valence-electron chi connectivity index (χ2n) is 6.77. The molecule has 142 valence electrons. The Morgan fingerprint density at radius 3 is 2.46 bits per heavy atom. The minimum Gasteiger partial charge on any atom is -0.495 e. The van der Waals surface area contributed by atoms with Crippen LogP contribution in [0.25, 0.3) is 0 Å². The number of rotatable bonds is 4. The molecule has 0 radical (unpaired) electrons. The Morgan fingerprint density at radius 1 is 1.15 bits per heavy atom. The summed E-state index contributed by atoms with van der Waals surface area (Å²) in [6.07, 6.45) is 1.94. The third-order valence-corrected chi connectivity index (χ3v) is 5.16. The molecule has 0 atom stereocenters. The Hall–Kier alpha value is -2.12. The van der Waals surface area contributed by atoms with Crippen molar-refractivity contribution >= 4 is 17.5 Å². The van der Waals surface area contributed by atoms with E-state index in [0.717, 1.165) is 52.2 Å². The zero-order valence-electron chi connectivity index (χ0n) is 15.5. The number of Topliss-reactive ketones (excluding diaryl/α,β-unsaturated/α-hetero) is 1. The molecule has 2 aliphatic rings. The number of ether oxygens (including phenoxy) is 2. The molecule has 0 bridgehead atoms. The summed E-state index contributed by atoms with van der Waals surface area (Å²) in [5.41, 5.74) is 1.08. The third-order valence-electron chi connectivity index (χ3n) is 5.16. The van der Waals surface area contributed by atoms with E-state index in [2.05, 4.69) is 10.2 Å². The summed E-state index contributed by atoms with van der Waals surface area (Å²) < 4.78 is 10.7. The Balaban J connectivity index is 1.59. The van der Waals surface area contributed by atoms with Crippen molar-refractivity contribution < 1.29 is 19.1 Å². The quantitative estimate of drug-likeness (QED) is 0.833. The van der Waals surface area contributed by atoms with Gasteiger partial charge in [-0.2, -0.15) is 0 Å². The number of morpholine rings is 1.